The van der Waals surface area contributed by atoms with Gasteiger partial charge in [0.25, 0.3) is 0 Å². The van der Waals surface area contributed by atoms with Crippen molar-refractivity contribution in [3.05, 3.63) is 40.4 Å². The third kappa shape index (κ3) is 3.11. The molecule has 2 heterocycles. The summed E-state index contributed by atoms with van der Waals surface area (Å²) in [5, 5.41) is 11.8. The van der Waals surface area contributed by atoms with Crippen LogP contribution in [0.1, 0.15) is 43.2 Å². The maximum Gasteiger partial charge on any atom is 0.149 e. The highest BCUT2D eigenvalue weighted by molar-refractivity contribution is 9.10. The van der Waals surface area contributed by atoms with Gasteiger partial charge in [-0.3, -0.25) is 0 Å². The SMILES string of the molecule is CC(NC1CCCOc2cc(Br)ccc21)c1nncn1C. The van der Waals surface area contributed by atoms with Crippen molar-refractivity contribution in [1.82, 2.24) is 20.1 Å². The summed E-state index contributed by atoms with van der Waals surface area (Å²) in [5.41, 5.74) is 1.21. The summed E-state index contributed by atoms with van der Waals surface area (Å²) in [6, 6.07) is 6.64. The van der Waals surface area contributed by atoms with E-state index in [1.54, 1.807) is 6.33 Å². The molecule has 2 atom stereocenters. The Morgan fingerprint density at radius 1 is 1.48 bits per heavy atom. The van der Waals surface area contributed by atoms with E-state index in [0.29, 0.717) is 0 Å². The summed E-state index contributed by atoms with van der Waals surface area (Å²) in [6.07, 6.45) is 3.82. The van der Waals surface area contributed by atoms with E-state index >= 15 is 0 Å². The molecule has 112 valence electrons. The zero-order valence-electron chi connectivity index (χ0n) is 12.2. The van der Waals surface area contributed by atoms with E-state index in [0.717, 1.165) is 35.5 Å². The van der Waals surface area contributed by atoms with Crippen LogP contribution in [0.25, 0.3) is 0 Å². The molecule has 0 amide bonds. The first-order chi connectivity index (χ1) is 10.1. The molecule has 2 unspecified atom stereocenters. The number of benzene rings is 1. The number of halogens is 1. The van der Waals surface area contributed by atoms with Gasteiger partial charge in [0.1, 0.15) is 17.9 Å². The number of aromatic nitrogens is 3. The Balaban J connectivity index is 1.84. The second kappa shape index (κ2) is 6.15. The normalized spacial score (nSPS) is 19.5. The molecule has 21 heavy (non-hydrogen) atoms. The lowest BCUT2D eigenvalue weighted by Gasteiger charge is -2.22. The lowest BCUT2D eigenvalue weighted by molar-refractivity contribution is 0.314. The van der Waals surface area contributed by atoms with Crippen LogP contribution < -0.4 is 10.1 Å². The van der Waals surface area contributed by atoms with Crippen LogP contribution in [-0.2, 0) is 7.05 Å². The monoisotopic (exact) mass is 350 g/mol. The van der Waals surface area contributed by atoms with Crippen LogP contribution in [0.5, 0.6) is 5.75 Å². The first-order valence-electron chi connectivity index (χ1n) is 7.17. The van der Waals surface area contributed by atoms with Gasteiger partial charge in [0.05, 0.1) is 12.6 Å². The van der Waals surface area contributed by atoms with Crippen molar-refractivity contribution in [3.63, 3.8) is 0 Å². The Labute approximate surface area is 132 Å². The summed E-state index contributed by atoms with van der Waals surface area (Å²) >= 11 is 3.51. The number of nitrogens with zero attached hydrogens (tertiary/aromatic N) is 3. The van der Waals surface area contributed by atoms with Gasteiger partial charge in [-0.2, -0.15) is 0 Å². The fourth-order valence-electron chi connectivity index (χ4n) is 2.78. The van der Waals surface area contributed by atoms with Gasteiger partial charge in [-0.15, -0.1) is 10.2 Å². The van der Waals surface area contributed by atoms with Crippen LogP contribution in [0, 0.1) is 0 Å². The number of nitrogens with one attached hydrogen (secondary N) is 1. The molecule has 0 saturated carbocycles. The first kappa shape index (κ1) is 14.5. The van der Waals surface area contributed by atoms with Gasteiger partial charge in [-0.25, -0.2) is 0 Å². The van der Waals surface area contributed by atoms with Gasteiger partial charge in [0, 0.05) is 23.1 Å². The fourth-order valence-corrected chi connectivity index (χ4v) is 3.12. The Morgan fingerprint density at radius 3 is 3.10 bits per heavy atom. The summed E-state index contributed by atoms with van der Waals surface area (Å²) in [6.45, 7) is 2.88. The highest BCUT2D eigenvalue weighted by Crippen LogP contribution is 2.34. The third-order valence-corrected chi connectivity index (χ3v) is 4.32. The maximum atomic E-state index is 5.85. The van der Waals surface area contributed by atoms with E-state index in [9.17, 15) is 0 Å². The van der Waals surface area contributed by atoms with E-state index in [1.165, 1.54) is 5.56 Å². The van der Waals surface area contributed by atoms with E-state index in [-0.39, 0.29) is 12.1 Å². The molecule has 0 spiro atoms. The van der Waals surface area contributed by atoms with E-state index < -0.39 is 0 Å². The van der Waals surface area contributed by atoms with Gasteiger partial charge in [-0.1, -0.05) is 22.0 Å². The molecule has 0 saturated heterocycles. The van der Waals surface area contributed by atoms with Crippen molar-refractivity contribution in [3.8, 4) is 5.75 Å². The second-order valence-electron chi connectivity index (χ2n) is 5.41. The highest BCUT2D eigenvalue weighted by atomic mass is 79.9. The van der Waals surface area contributed by atoms with Crippen LogP contribution in [0.15, 0.2) is 29.0 Å². The zero-order chi connectivity index (χ0) is 14.8. The molecule has 1 aromatic carbocycles. The van der Waals surface area contributed by atoms with Crippen molar-refractivity contribution in [2.75, 3.05) is 6.61 Å². The first-order valence-corrected chi connectivity index (χ1v) is 7.96. The van der Waals surface area contributed by atoms with Gasteiger partial charge in [0.2, 0.25) is 0 Å². The second-order valence-corrected chi connectivity index (χ2v) is 6.33. The van der Waals surface area contributed by atoms with Crippen LogP contribution in [-0.4, -0.2) is 21.4 Å². The van der Waals surface area contributed by atoms with Crippen LogP contribution in [0.4, 0.5) is 0 Å². The topological polar surface area (TPSA) is 52.0 Å². The van der Waals surface area contributed by atoms with Gasteiger partial charge in [0.15, 0.2) is 0 Å². The molecular weight excluding hydrogens is 332 g/mol. The van der Waals surface area contributed by atoms with Crippen LogP contribution in [0.3, 0.4) is 0 Å². The summed E-state index contributed by atoms with van der Waals surface area (Å²) in [4.78, 5) is 0. The number of hydrogen-bond acceptors (Lipinski definition) is 4. The van der Waals surface area contributed by atoms with Crippen LogP contribution >= 0.6 is 15.9 Å². The smallest absolute Gasteiger partial charge is 0.149 e. The van der Waals surface area contributed by atoms with Crippen molar-refractivity contribution in [2.24, 2.45) is 7.05 Å². The Bertz CT molecular complexity index is 628. The Kier molecular flexibility index (Phi) is 4.26. The number of aryl methyl sites for hydroxylation is 1. The third-order valence-electron chi connectivity index (χ3n) is 3.83. The molecule has 1 aliphatic heterocycles. The van der Waals surface area contributed by atoms with Crippen molar-refractivity contribution in [2.45, 2.75) is 31.8 Å². The lowest BCUT2D eigenvalue weighted by atomic mass is 10.0. The van der Waals surface area contributed by atoms with Gasteiger partial charge >= 0.3 is 0 Å². The minimum atomic E-state index is 0.136. The summed E-state index contributed by atoms with van der Waals surface area (Å²) in [5.74, 6) is 1.91. The molecule has 0 radical (unpaired) electrons. The number of ether oxygens (including phenoxy) is 1. The van der Waals surface area contributed by atoms with Crippen molar-refractivity contribution >= 4 is 15.9 Å². The quantitative estimate of drug-likeness (QED) is 0.923. The Hall–Kier alpha value is -1.40. The predicted octanol–water partition coefficient (Wildman–Crippen LogP) is 3.14. The van der Waals surface area contributed by atoms with Crippen molar-refractivity contribution < 1.29 is 4.74 Å². The van der Waals surface area contributed by atoms with Crippen molar-refractivity contribution in [1.29, 1.82) is 0 Å². The minimum Gasteiger partial charge on any atom is -0.493 e. The molecule has 2 aromatic rings. The summed E-state index contributed by atoms with van der Waals surface area (Å²) < 4.78 is 8.85. The molecule has 6 heteroatoms. The Morgan fingerprint density at radius 2 is 2.33 bits per heavy atom. The fraction of sp³-hybridized carbons (Fsp3) is 0.467. The summed E-state index contributed by atoms with van der Waals surface area (Å²) in [7, 11) is 1.97. The largest absolute Gasteiger partial charge is 0.493 e. The van der Waals surface area contributed by atoms with Gasteiger partial charge in [-0.05, 0) is 31.9 Å². The molecule has 0 bridgehead atoms. The molecule has 3 rings (SSSR count). The average molecular weight is 351 g/mol. The average Bonchev–Trinajstić information content (AvgIpc) is 2.79. The molecule has 0 aliphatic carbocycles. The van der Waals surface area contributed by atoms with Gasteiger partial charge < -0.3 is 14.6 Å². The number of fused-ring (bicyclic) bond motifs is 1. The maximum absolute atomic E-state index is 5.85. The lowest BCUT2D eigenvalue weighted by Crippen LogP contribution is -2.26. The number of rotatable bonds is 3. The molecule has 1 aromatic heterocycles. The highest BCUT2D eigenvalue weighted by Gasteiger charge is 2.23. The minimum absolute atomic E-state index is 0.136. The molecule has 5 nitrogen and oxygen atoms in total. The van der Waals surface area contributed by atoms with E-state index in [2.05, 4.69) is 50.5 Å². The van der Waals surface area contributed by atoms with E-state index in [1.807, 2.05) is 17.7 Å². The van der Waals surface area contributed by atoms with E-state index in [4.69, 9.17) is 4.74 Å². The molecule has 1 aliphatic rings. The van der Waals surface area contributed by atoms with Crippen LogP contribution in [0.2, 0.25) is 0 Å². The standard InChI is InChI=1S/C15H19BrN4O/c1-10(15-19-17-9-20(15)2)18-13-4-3-7-21-14-8-11(16)5-6-12(13)14/h5-6,8-10,13,18H,3-4,7H2,1-2H3. The predicted molar refractivity (Wildman–Crippen MR) is 84.2 cm³/mol. The molecule has 0 fully saturated rings. The molecule has 1 N–H and O–H groups in total. The number of hydrogen-bond donors (Lipinski definition) is 1. The zero-order valence-corrected chi connectivity index (χ0v) is 13.8. The molecular formula is C15H19BrN4O.